The number of carbonyl (C=O) groups is 1. The van der Waals surface area contributed by atoms with E-state index in [2.05, 4.69) is 4.98 Å². The monoisotopic (exact) mass is 247 g/mol. The first-order valence-electron chi connectivity index (χ1n) is 5.27. The number of aldehydes is 1. The maximum atomic E-state index is 10.7. The average Bonchev–Trinajstić information content (AvgIpc) is 2.80. The molecule has 0 atom stereocenters. The number of benzene rings is 1. The van der Waals surface area contributed by atoms with Gasteiger partial charge in [-0.05, 0) is 37.1 Å². The van der Waals surface area contributed by atoms with Gasteiger partial charge in [-0.15, -0.1) is 11.3 Å². The molecule has 0 radical (unpaired) electrons. The topological polar surface area (TPSA) is 39.2 Å². The highest BCUT2D eigenvalue weighted by Crippen LogP contribution is 2.25. The molecule has 0 bridgehead atoms. The molecular weight excluding hydrogens is 234 g/mol. The molecule has 0 aliphatic carbocycles. The summed E-state index contributed by atoms with van der Waals surface area (Å²) in [5.74, 6) is 0.851. The van der Waals surface area contributed by atoms with Crippen molar-refractivity contribution in [2.75, 3.05) is 0 Å². The van der Waals surface area contributed by atoms with Gasteiger partial charge in [0.25, 0.3) is 0 Å². The minimum atomic E-state index is 0.521. The van der Waals surface area contributed by atoms with Crippen molar-refractivity contribution in [3.05, 3.63) is 45.4 Å². The van der Waals surface area contributed by atoms with Gasteiger partial charge in [0.15, 0.2) is 0 Å². The zero-order valence-corrected chi connectivity index (χ0v) is 10.6. The van der Waals surface area contributed by atoms with Crippen molar-refractivity contribution >= 4 is 17.6 Å². The van der Waals surface area contributed by atoms with Crippen molar-refractivity contribution in [1.82, 2.24) is 4.98 Å². The van der Waals surface area contributed by atoms with E-state index in [0.717, 1.165) is 28.0 Å². The van der Waals surface area contributed by atoms with Gasteiger partial charge in [0.05, 0.1) is 10.4 Å². The smallest absolute Gasteiger partial charge is 0.150 e. The van der Waals surface area contributed by atoms with E-state index >= 15 is 0 Å². The molecule has 1 aromatic heterocycles. The number of thiazole rings is 1. The van der Waals surface area contributed by atoms with Gasteiger partial charge < -0.3 is 4.74 Å². The van der Waals surface area contributed by atoms with E-state index in [0.29, 0.717) is 12.2 Å². The Bertz CT molecular complexity index is 497. The van der Waals surface area contributed by atoms with Gasteiger partial charge >= 0.3 is 0 Å². The molecular formula is C13H13NO2S. The van der Waals surface area contributed by atoms with Crippen LogP contribution in [-0.2, 0) is 6.61 Å². The number of hydrogen-bond donors (Lipinski definition) is 0. The van der Waals surface area contributed by atoms with Crippen LogP contribution < -0.4 is 4.74 Å². The minimum absolute atomic E-state index is 0.521. The van der Waals surface area contributed by atoms with Crippen molar-refractivity contribution in [2.24, 2.45) is 0 Å². The van der Waals surface area contributed by atoms with Gasteiger partial charge in [-0.2, -0.15) is 0 Å². The Labute approximate surface area is 104 Å². The molecule has 0 saturated carbocycles. The van der Waals surface area contributed by atoms with E-state index in [1.165, 1.54) is 0 Å². The zero-order valence-electron chi connectivity index (χ0n) is 9.77. The Morgan fingerprint density at radius 1 is 1.35 bits per heavy atom. The number of ether oxygens (including phenoxy) is 1. The third-order valence-corrected chi connectivity index (χ3v) is 3.21. The van der Waals surface area contributed by atoms with Gasteiger partial charge in [-0.1, -0.05) is 0 Å². The zero-order chi connectivity index (χ0) is 12.3. The van der Waals surface area contributed by atoms with Crippen molar-refractivity contribution < 1.29 is 9.53 Å². The standard InChI is InChI=1S/C13H13NO2S/c1-9-3-11(6-15)4-10(2)13(9)16-7-12-5-14-8-17-12/h3-6,8H,7H2,1-2H3. The van der Waals surface area contributed by atoms with E-state index in [1.807, 2.05) is 26.0 Å². The Morgan fingerprint density at radius 3 is 2.59 bits per heavy atom. The van der Waals surface area contributed by atoms with E-state index in [-0.39, 0.29) is 0 Å². The highest BCUT2D eigenvalue weighted by Gasteiger charge is 2.07. The largest absolute Gasteiger partial charge is 0.487 e. The Balaban J connectivity index is 2.18. The average molecular weight is 247 g/mol. The molecule has 2 rings (SSSR count). The highest BCUT2D eigenvalue weighted by molar-refractivity contribution is 7.09. The highest BCUT2D eigenvalue weighted by atomic mass is 32.1. The second-order valence-electron chi connectivity index (χ2n) is 3.86. The molecule has 88 valence electrons. The second-order valence-corrected chi connectivity index (χ2v) is 4.83. The maximum absolute atomic E-state index is 10.7. The van der Waals surface area contributed by atoms with Crippen molar-refractivity contribution in [1.29, 1.82) is 0 Å². The van der Waals surface area contributed by atoms with Crippen LogP contribution in [0.4, 0.5) is 0 Å². The molecule has 0 aliphatic heterocycles. The van der Waals surface area contributed by atoms with Crippen LogP contribution in [0.15, 0.2) is 23.8 Å². The quantitative estimate of drug-likeness (QED) is 0.779. The van der Waals surface area contributed by atoms with E-state index in [9.17, 15) is 4.79 Å². The molecule has 1 aromatic carbocycles. The van der Waals surface area contributed by atoms with Gasteiger partial charge in [-0.25, -0.2) is 0 Å². The Kier molecular flexibility index (Phi) is 3.54. The third kappa shape index (κ3) is 2.71. The van der Waals surface area contributed by atoms with Crippen LogP contribution in [0.3, 0.4) is 0 Å². The molecule has 4 heteroatoms. The molecule has 2 aromatic rings. The Hall–Kier alpha value is -1.68. The predicted molar refractivity (Wildman–Crippen MR) is 67.7 cm³/mol. The lowest BCUT2D eigenvalue weighted by molar-refractivity contribution is 0.112. The number of aromatic nitrogens is 1. The van der Waals surface area contributed by atoms with E-state index in [1.54, 1.807) is 23.0 Å². The van der Waals surface area contributed by atoms with Gasteiger partial charge in [0.1, 0.15) is 18.6 Å². The summed E-state index contributed by atoms with van der Waals surface area (Å²) < 4.78 is 5.77. The Morgan fingerprint density at radius 2 is 2.06 bits per heavy atom. The summed E-state index contributed by atoms with van der Waals surface area (Å²) in [4.78, 5) is 15.8. The lowest BCUT2D eigenvalue weighted by Crippen LogP contribution is -1.98. The van der Waals surface area contributed by atoms with Crippen LogP contribution in [0.2, 0.25) is 0 Å². The second kappa shape index (κ2) is 5.10. The summed E-state index contributed by atoms with van der Waals surface area (Å²) >= 11 is 1.57. The molecule has 0 spiro atoms. The van der Waals surface area contributed by atoms with Gasteiger partial charge in [-0.3, -0.25) is 9.78 Å². The molecule has 3 nitrogen and oxygen atoms in total. The van der Waals surface area contributed by atoms with Gasteiger partial charge in [0, 0.05) is 11.8 Å². The number of carbonyl (C=O) groups excluding carboxylic acids is 1. The molecule has 0 N–H and O–H groups in total. The summed E-state index contributed by atoms with van der Waals surface area (Å²) in [5.41, 5.74) is 4.44. The maximum Gasteiger partial charge on any atom is 0.150 e. The summed E-state index contributed by atoms with van der Waals surface area (Å²) in [5, 5.41) is 0. The number of rotatable bonds is 4. The fourth-order valence-corrected chi connectivity index (χ4v) is 2.24. The molecule has 0 saturated heterocycles. The molecule has 1 heterocycles. The lowest BCUT2D eigenvalue weighted by atomic mass is 10.1. The number of hydrogen-bond acceptors (Lipinski definition) is 4. The van der Waals surface area contributed by atoms with Crippen LogP contribution in [0.25, 0.3) is 0 Å². The van der Waals surface area contributed by atoms with Gasteiger partial charge in [0.2, 0.25) is 0 Å². The molecule has 0 unspecified atom stereocenters. The van der Waals surface area contributed by atoms with Crippen molar-refractivity contribution in [3.63, 3.8) is 0 Å². The SMILES string of the molecule is Cc1cc(C=O)cc(C)c1OCc1cncs1. The fraction of sp³-hybridized carbons (Fsp3) is 0.231. The predicted octanol–water partition coefficient (Wildman–Crippen LogP) is 3.15. The molecule has 0 aliphatic rings. The van der Waals surface area contributed by atoms with E-state index in [4.69, 9.17) is 4.74 Å². The first-order valence-corrected chi connectivity index (χ1v) is 6.15. The van der Waals surface area contributed by atoms with Crippen LogP contribution in [-0.4, -0.2) is 11.3 Å². The van der Waals surface area contributed by atoms with Crippen molar-refractivity contribution in [3.8, 4) is 5.75 Å². The first-order chi connectivity index (χ1) is 8.20. The van der Waals surface area contributed by atoms with Crippen LogP contribution in [0, 0.1) is 13.8 Å². The summed E-state index contributed by atoms with van der Waals surface area (Å²) in [6.45, 7) is 4.41. The molecule has 0 amide bonds. The van der Waals surface area contributed by atoms with Crippen molar-refractivity contribution in [2.45, 2.75) is 20.5 Å². The molecule has 0 fully saturated rings. The summed E-state index contributed by atoms with van der Waals surface area (Å²) in [7, 11) is 0. The normalized spacial score (nSPS) is 10.2. The molecule has 17 heavy (non-hydrogen) atoms. The van der Waals surface area contributed by atoms with Crippen LogP contribution in [0.5, 0.6) is 5.75 Å². The minimum Gasteiger partial charge on any atom is -0.487 e. The van der Waals surface area contributed by atoms with Crippen LogP contribution in [0.1, 0.15) is 26.4 Å². The van der Waals surface area contributed by atoms with E-state index < -0.39 is 0 Å². The fourth-order valence-electron chi connectivity index (χ4n) is 1.74. The number of aryl methyl sites for hydroxylation is 2. The lowest BCUT2D eigenvalue weighted by Gasteiger charge is -2.11. The third-order valence-electron chi connectivity index (χ3n) is 2.46. The summed E-state index contributed by atoms with van der Waals surface area (Å²) in [6, 6.07) is 3.67. The van der Waals surface area contributed by atoms with Crippen LogP contribution >= 0.6 is 11.3 Å². The summed E-state index contributed by atoms with van der Waals surface area (Å²) in [6.07, 6.45) is 2.65. The first kappa shape index (κ1) is 11.8. The number of nitrogens with zero attached hydrogens (tertiary/aromatic N) is 1.